The second kappa shape index (κ2) is 11.3. The molecule has 0 saturated carbocycles. The highest BCUT2D eigenvalue weighted by atomic mass is 32.2. The standard InChI is InChI=1S/C26H29N5O3S/c1-18(12-19-8-5-4-6-9-19)15-30-16-21(31-17-23(28-29-31)26(33)34-2)14-24(30)25(32)27-20-10-7-11-22(13-20)35-3/h4-13,17,21,24H,14-16H2,1-3H3,(H,27,32)/t21-,24-/m0/s1. The lowest BCUT2D eigenvalue weighted by molar-refractivity contribution is -0.120. The Morgan fingerprint density at radius 1 is 1.20 bits per heavy atom. The first-order valence-electron chi connectivity index (χ1n) is 11.4. The number of likely N-dealkylation sites (tertiary alicyclic amines) is 1. The first-order valence-corrected chi connectivity index (χ1v) is 12.6. The van der Waals surface area contributed by atoms with Crippen LogP contribution in [0.25, 0.3) is 6.08 Å². The van der Waals surface area contributed by atoms with Gasteiger partial charge in [-0.1, -0.05) is 53.3 Å². The average molecular weight is 492 g/mol. The van der Waals surface area contributed by atoms with Gasteiger partial charge in [-0.2, -0.15) is 0 Å². The molecule has 2 atom stereocenters. The molecule has 1 saturated heterocycles. The third kappa shape index (κ3) is 6.17. The lowest BCUT2D eigenvalue weighted by atomic mass is 10.1. The third-order valence-electron chi connectivity index (χ3n) is 5.97. The first kappa shape index (κ1) is 24.7. The van der Waals surface area contributed by atoms with E-state index in [1.807, 2.05) is 48.7 Å². The Bertz CT molecular complexity index is 1210. The Labute approximate surface area is 209 Å². The molecule has 3 aromatic rings. The molecular formula is C26H29N5O3S. The van der Waals surface area contributed by atoms with E-state index in [0.29, 0.717) is 19.5 Å². The average Bonchev–Trinajstić information content (AvgIpc) is 3.52. The lowest BCUT2D eigenvalue weighted by Crippen LogP contribution is -2.40. The molecule has 8 nitrogen and oxygen atoms in total. The van der Waals surface area contributed by atoms with Gasteiger partial charge in [0.1, 0.15) is 0 Å². The number of aromatic nitrogens is 3. The summed E-state index contributed by atoms with van der Waals surface area (Å²) in [6, 6.07) is 17.5. The van der Waals surface area contributed by atoms with Crippen molar-refractivity contribution in [1.29, 1.82) is 0 Å². The SMILES string of the molecule is COC(=O)c1cn([C@H]2C[C@@H](C(=O)Nc3cccc(SC)c3)N(CC(C)=Cc3ccccc3)C2)nn1. The van der Waals surface area contributed by atoms with Crippen molar-refractivity contribution < 1.29 is 14.3 Å². The molecule has 0 aliphatic carbocycles. The monoisotopic (exact) mass is 491 g/mol. The molecule has 1 fully saturated rings. The zero-order chi connectivity index (χ0) is 24.8. The maximum atomic E-state index is 13.4. The molecule has 0 radical (unpaired) electrons. The number of esters is 1. The molecule has 35 heavy (non-hydrogen) atoms. The highest BCUT2D eigenvalue weighted by Gasteiger charge is 2.38. The summed E-state index contributed by atoms with van der Waals surface area (Å²) in [5, 5.41) is 11.2. The maximum absolute atomic E-state index is 13.4. The zero-order valence-electron chi connectivity index (χ0n) is 20.0. The summed E-state index contributed by atoms with van der Waals surface area (Å²) in [7, 11) is 1.31. The number of methoxy groups -OCH3 is 1. The molecular weight excluding hydrogens is 462 g/mol. The fourth-order valence-electron chi connectivity index (χ4n) is 4.30. The van der Waals surface area contributed by atoms with Crippen LogP contribution in [0.4, 0.5) is 5.69 Å². The van der Waals surface area contributed by atoms with Crippen molar-refractivity contribution in [2.24, 2.45) is 0 Å². The highest BCUT2D eigenvalue weighted by molar-refractivity contribution is 7.98. The van der Waals surface area contributed by atoms with Gasteiger partial charge in [0, 0.05) is 23.7 Å². The van der Waals surface area contributed by atoms with Crippen molar-refractivity contribution in [2.75, 3.05) is 31.8 Å². The van der Waals surface area contributed by atoms with Gasteiger partial charge in [0.2, 0.25) is 5.91 Å². The lowest BCUT2D eigenvalue weighted by Gasteiger charge is -2.24. The van der Waals surface area contributed by atoms with E-state index < -0.39 is 5.97 Å². The van der Waals surface area contributed by atoms with Crippen LogP contribution in [-0.4, -0.2) is 64.3 Å². The highest BCUT2D eigenvalue weighted by Crippen LogP contribution is 2.29. The van der Waals surface area contributed by atoms with Crippen molar-refractivity contribution in [2.45, 2.75) is 30.3 Å². The predicted octanol–water partition coefficient (Wildman–Crippen LogP) is 4.14. The molecule has 2 aromatic carbocycles. The third-order valence-corrected chi connectivity index (χ3v) is 6.69. The summed E-state index contributed by atoms with van der Waals surface area (Å²) >= 11 is 1.63. The minimum Gasteiger partial charge on any atom is -0.464 e. The summed E-state index contributed by atoms with van der Waals surface area (Å²) in [5.41, 5.74) is 3.19. The molecule has 2 heterocycles. The minimum atomic E-state index is -0.532. The Balaban J connectivity index is 1.55. The van der Waals surface area contributed by atoms with Crippen LogP contribution in [0.1, 0.15) is 35.4 Å². The number of benzene rings is 2. The fourth-order valence-corrected chi connectivity index (χ4v) is 4.76. The smallest absolute Gasteiger partial charge is 0.360 e. The number of ether oxygens (including phenoxy) is 1. The number of hydrogen-bond acceptors (Lipinski definition) is 7. The van der Waals surface area contributed by atoms with E-state index in [-0.39, 0.29) is 23.7 Å². The number of hydrogen-bond donors (Lipinski definition) is 1. The van der Waals surface area contributed by atoms with Crippen LogP contribution in [0.2, 0.25) is 0 Å². The Kier molecular flexibility index (Phi) is 7.99. The van der Waals surface area contributed by atoms with E-state index in [9.17, 15) is 9.59 Å². The van der Waals surface area contributed by atoms with E-state index in [2.05, 4.69) is 45.7 Å². The minimum absolute atomic E-state index is 0.0634. The molecule has 0 spiro atoms. The number of nitrogens with one attached hydrogen (secondary N) is 1. The van der Waals surface area contributed by atoms with Gasteiger partial charge in [0.05, 0.1) is 25.4 Å². The number of carbonyl (C=O) groups is 2. The number of thioether (sulfide) groups is 1. The second-order valence-corrected chi connectivity index (χ2v) is 9.41. The fraction of sp³-hybridized carbons (Fsp3) is 0.308. The summed E-state index contributed by atoms with van der Waals surface area (Å²) in [6.45, 7) is 3.31. The normalized spacial score (nSPS) is 18.4. The van der Waals surface area contributed by atoms with Crippen molar-refractivity contribution in [3.05, 3.63) is 77.6 Å². The van der Waals surface area contributed by atoms with Gasteiger partial charge in [-0.3, -0.25) is 9.69 Å². The molecule has 1 aliphatic heterocycles. The van der Waals surface area contributed by atoms with Gasteiger partial charge >= 0.3 is 5.97 Å². The number of nitrogens with zero attached hydrogens (tertiary/aromatic N) is 4. The van der Waals surface area contributed by atoms with Crippen LogP contribution in [0.3, 0.4) is 0 Å². The van der Waals surface area contributed by atoms with Crippen LogP contribution >= 0.6 is 11.8 Å². The molecule has 1 aliphatic rings. The van der Waals surface area contributed by atoms with E-state index >= 15 is 0 Å². The van der Waals surface area contributed by atoms with Crippen LogP contribution in [-0.2, 0) is 9.53 Å². The maximum Gasteiger partial charge on any atom is 0.360 e. The van der Waals surface area contributed by atoms with Gasteiger partial charge in [-0.15, -0.1) is 16.9 Å². The number of anilines is 1. The summed E-state index contributed by atoms with van der Waals surface area (Å²) in [6.07, 6.45) is 6.28. The quantitative estimate of drug-likeness (QED) is 0.374. The topological polar surface area (TPSA) is 89.4 Å². The molecule has 0 bridgehead atoms. The number of carbonyl (C=O) groups excluding carboxylic acids is 2. The van der Waals surface area contributed by atoms with Gasteiger partial charge in [0.25, 0.3) is 0 Å². The van der Waals surface area contributed by atoms with Crippen molar-refractivity contribution >= 4 is 35.4 Å². The summed E-state index contributed by atoms with van der Waals surface area (Å²) in [5.74, 6) is -0.595. The van der Waals surface area contributed by atoms with E-state index in [1.54, 1.807) is 22.6 Å². The van der Waals surface area contributed by atoms with Crippen molar-refractivity contribution in [1.82, 2.24) is 19.9 Å². The number of rotatable bonds is 8. The molecule has 1 aromatic heterocycles. The molecule has 9 heteroatoms. The predicted molar refractivity (Wildman–Crippen MR) is 137 cm³/mol. The van der Waals surface area contributed by atoms with Crippen LogP contribution in [0.15, 0.2) is 71.3 Å². The van der Waals surface area contributed by atoms with Crippen LogP contribution in [0, 0.1) is 0 Å². The molecule has 4 rings (SSSR count). The number of amides is 1. The van der Waals surface area contributed by atoms with Gasteiger partial charge in [-0.25, -0.2) is 9.48 Å². The van der Waals surface area contributed by atoms with Gasteiger partial charge in [-0.05, 0) is 43.4 Å². The van der Waals surface area contributed by atoms with Gasteiger partial charge in [0.15, 0.2) is 5.69 Å². The summed E-state index contributed by atoms with van der Waals surface area (Å²) < 4.78 is 6.41. The first-order chi connectivity index (χ1) is 17.0. The van der Waals surface area contributed by atoms with E-state index in [4.69, 9.17) is 4.74 Å². The second-order valence-electron chi connectivity index (χ2n) is 8.53. The Hall–Kier alpha value is -3.43. The Morgan fingerprint density at radius 3 is 2.74 bits per heavy atom. The largest absolute Gasteiger partial charge is 0.464 e. The van der Waals surface area contributed by atoms with Crippen LogP contribution in [0.5, 0.6) is 0 Å². The molecule has 182 valence electrons. The van der Waals surface area contributed by atoms with Gasteiger partial charge < -0.3 is 10.1 Å². The van der Waals surface area contributed by atoms with Crippen LogP contribution < -0.4 is 5.32 Å². The van der Waals surface area contributed by atoms with E-state index in [1.165, 1.54) is 7.11 Å². The molecule has 1 amide bonds. The van der Waals surface area contributed by atoms with E-state index in [0.717, 1.165) is 21.7 Å². The summed E-state index contributed by atoms with van der Waals surface area (Å²) in [4.78, 5) is 28.5. The van der Waals surface area contributed by atoms with Crippen molar-refractivity contribution in [3.63, 3.8) is 0 Å². The zero-order valence-corrected chi connectivity index (χ0v) is 20.9. The molecule has 1 N–H and O–H groups in total. The Morgan fingerprint density at radius 2 is 2.00 bits per heavy atom. The van der Waals surface area contributed by atoms with Crippen molar-refractivity contribution in [3.8, 4) is 0 Å². The molecule has 0 unspecified atom stereocenters.